The van der Waals surface area contributed by atoms with E-state index in [1.54, 1.807) is 13.8 Å². The average Bonchev–Trinajstić information content (AvgIpc) is 2.93. The van der Waals surface area contributed by atoms with Crippen LogP contribution in [-0.2, 0) is 9.53 Å². The highest BCUT2D eigenvalue weighted by molar-refractivity contribution is 5.90. The first-order valence-electron chi connectivity index (χ1n) is 10.0. The van der Waals surface area contributed by atoms with Crippen LogP contribution in [0.3, 0.4) is 0 Å². The molecule has 1 aromatic rings. The molecule has 1 saturated carbocycles. The lowest BCUT2D eigenvalue weighted by Gasteiger charge is -2.36. The molecule has 28 heavy (non-hydrogen) atoms. The van der Waals surface area contributed by atoms with Crippen molar-refractivity contribution in [3.05, 3.63) is 11.5 Å². The molecule has 2 heterocycles. The lowest BCUT2D eigenvalue weighted by atomic mass is 9.85. The predicted octanol–water partition coefficient (Wildman–Crippen LogP) is 1.63. The highest BCUT2D eigenvalue weighted by Crippen LogP contribution is 2.26. The number of anilines is 1. The molecule has 2 fully saturated rings. The first-order chi connectivity index (χ1) is 13.5. The van der Waals surface area contributed by atoms with Gasteiger partial charge in [-0.25, -0.2) is 4.79 Å². The SMILES string of the molecule is Cc1noc(C)c1NC(=O)N[C@@H]1CC[C@@H](CCNC(=O)C2CCC2)O[C@@H]1CO. The fourth-order valence-electron chi connectivity index (χ4n) is 3.66. The van der Waals surface area contributed by atoms with Crippen molar-refractivity contribution in [1.29, 1.82) is 0 Å². The maximum Gasteiger partial charge on any atom is 0.319 e. The summed E-state index contributed by atoms with van der Waals surface area (Å²) in [6.45, 7) is 3.87. The van der Waals surface area contributed by atoms with Gasteiger partial charge in [-0.1, -0.05) is 11.6 Å². The summed E-state index contributed by atoms with van der Waals surface area (Å²) in [5.74, 6) is 0.855. The van der Waals surface area contributed by atoms with Crippen LogP contribution in [0.1, 0.15) is 50.0 Å². The number of aliphatic hydroxyl groups is 1. The van der Waals surface area contributed by atoms with Gasteiger partial charge in [-0.3, -0.25) is 4.79 Å². The number of rotatable bonds is 7. The van der Waals surface area contributed by atoms with Crippen molar-refractivity contribution in [3.63, 3.8) is 0 Å². The van der Waals surface area contributed by atoms with Crippen LogP contribution in [0.2, 0.25) is 0 Å². The van der Waals surface area contributed by atoms with Crippen LogP contribution >= 0.6 is 0 Å². The Morgan fingerprint density at radius 2 is 2.00 bits per heavy atom. The summed E-state index contributed by atoms with van der Waals surface area (Å²) in [5.41, 5.74) is 1.16. The number of carbonyl (C=O) groups is 2. The number of carbonyl (C=O) groups excluding carboxylic acids is 2. The Hall–Kier alpha value is -2.13. The van der Waals surface area contributed by atoms with E-state index < -0.39 is 6.10 Å². The Morgan fingerprint density at radius 1 is 1.21 bits per heavy atom. The third kappa shape index (κ3) is 5.02. The van der Waals surface area contributed by atoms with E-state index in [0.717, 1.165) is 25.7 Å². The highest BCUT2D eigenvalue weighted by atomic mass is 16.5. The van der Waals surface area contributed by atoms with Crippen molar-refractivity contribution in [3.8, 4) is 0 Å². The Bertz CT molecular complexity index is 668. The van der Waals surface area contributed by atoms with Crippen LogP contribution in [-0.4, -0.2) is 53.6 Å². The van der Waals surface area contributed by atoms with E-state index in [4.69, 9.17) is 9.26 Å². The van der Waals surface area contributed by atoms with E-state index in [0.29, 0.717) is 36.5 Å². The van der Waals surface area contributed by atoms with Gasteiger partial charge in [-0.15, -0.1) is 0 Å². The summed E-state index contributed by atoms with van der Waals surface area (Å²) in [7, 11) is 0. The molecule has 0 bridgehead atoms. The molecule has 3 amide bonds. The van der Waals surface area contributed by atoms with Crippen molar-refractivity contribution >= 4 is 17.6 Å². The molecule has 3 rings (SSSR count). The standard InChI is InChI=1S/C19H30N4O5/c1-11-17(12(2)28-23-11)22-19(26)21-15-7-6-14(27-16(15)10-24)8-9-20-18(25)13-4-3-5-13/h13-16,24H,3-10H2,1-2H3,(H,20,25)(H2,21,22,26)/t14-,15+,16+/m0/s1. The Kier molecular flexibility index (Phi) is 6.90. The average molecular weight is 394 g/mol. The second-order valence-electron chi connectivity index (χ2n) is 7.67. The molecule has 9 nitrogen and oxygen atoms in total. The second kappa shape index (κ2) is 9.38. The van der Waals surface area contributed by atoms with Crippen LogP contribution < -0.4 is 16.0 Å². The third-order valence-corrected chi connectivity index (χ3v) is 5.63. The molecular formula is C19H30N4O5. The number of nitrogens with zero attached hydrogens (tertiary/aromatic N) is 1. The van der Waals surface area contributed by atoms with E-state index in [-0.39, 0.29) is 36.6 Å². The number of aryl methyl sites for hydroxylation is 2. The summed E-state index contributed by atoms with van der Waals surface area (Å²) < 4.78 is 11.0. The highest BCUT2D eigenvalue weighted by Gasteiger charge is 2.32. The van der Waals surface area contributed by atoms with Gasteiger partial charge in [0.1, 0.15) is 17.5 Å². The monoisotopic (exact) mass is 394 g/mol. The second-order valence-corrected chi connectivity index (χ2v) is 7.67. The fraction of sp³-hybridized carbons (Fsp3) is 0.737. The predicted molar refractivity (Wildman–Crippen MR) is 102 cm³/mol. The molecule has 2 aliphatic rings. The quantitative estimate of drug-likeness (QED) is 0.557. The molecule has 1 saturated heterocycles. The Balaban J connectivity index is 1.42. The number of ether oxygens (including phenoxy) is 1. The normalized spacial score (nSPS) is 25.0. The number of hydrogen-bond acceptors (Lipinski definition) is 6. The minimum atomic E-state index is -0.475. The van der Waals surface area contributed by atoms with E-state index in [9.17, 15) is 14.7 Å². The summed E-state index contributed by atoms with van der Waals surface area (Å²) in [6.07, 6.45) is 4.75. The lowest BCUT2D eigenvalue weighted by molar-refractivity contribution is -0.127. The van der Waals surface area contributed by atoms with Gasteiger partial charge >= 0.3 is 6.03 Å². The number of urea groups is 1. The zero-order valence-electron chi connectivity index (χ0n) is 16.5. The molecule has 0 spiro atoms. The molecule has 156 valence electrons. The maximum absolute atomic E-state index is 12.3. The zero-order chi connectivity index (χ0) is 20.1. The molecular weight excluding hydrogens is 364 g/mol. The van der Waals surface area contributed by atoms with Gasteiger partial charge in [-0.05, 0) is 46.0 Å². The van der Waals surface area contributed by atoms with Gasteiger partial charge in [0.15, 0.2) is 5.76 Å². The van der Waals surface area contributed by atoms with Gasteiger partial charge in [0.25, 0.3) is 0 Å². The molecule has 3 atom stereocenters. The van der Waals surface area contributed by atoms with Crippen molar-refractivity contribution in [1.82, 2.24) is 15.8 Å². The maximum atomic E-state index is 12.3. The topological polar surface area (TPSA) is 126 Å². The Morgan fingerprint density at radius 3 is 2.61 bits per heavy atom. The van der Waals surface area contributed by atoms with Gasteiger partial charge in [0.2, 0.25) is 5.91 Å². The van der Waals surface area contributed by atoms with Gasteiger partial charge in [0, 0.05) is 12.5 Å². The minimum absolute atomic E-state index is 0.0393. The molecule has 0 unspecified atom stereocenters. The summed E-state index contributed by atoms with van der Waals surface area (Å²) in [6, 6.07) is -0.668. The number of amides is 3. The summed E-state index contributed by atoms with van der Waals surface area (Å²) in [5, 5.41) is 22.0. The van der Waals surface area contributed by atoms with Gasteiger partial charge < -0.3 is 30.3 Å². The van der Waals surface area contributed by atoms with Crippen LogP contribution in [0.25, 0.3) is 0 Å². The third-order valence-electron chi connectivity index (χ3n) is 5.63. The molecule has 1 aliphatic heterocycles. The smallest absolute Gasteiger partial charge is 0.319 e. The van der Waals surface area contributed by atoms with Crippen LogP contribution in [0.4, 0.5) is 10.5 Å². The molecule has 0 radical (unpaired) electrons. The van der Waals surface area contributed by atoms with E-state index in [1.165, 1.54) is 0 Å². The molecule has 0 aromatic carbocycles. The van der Waals surface area contributed by atoms with Crippen LogP contribution in [0.15, 0.2) is 4.52 Å². The van der Waals surface area contributed by atoms with E-state index >= 15 is 0 Å². The molecule has 9 heteroatoms. The number of aliphatic hydroxyl groups excluding tert-OH is 1. The number of hydrogen-bond donors (Lipinski definition) is 4. The largest absolute Gasteiger partial charge is 0.394 e. The van der Waals surface area contributed by atoms with Crippen molar-refractivity contribution in [2.75, 3.05) is 18.5 Å². The number of aromatic nitrogens is 1. The van der Waals surface area contributed by atoms with Crippen molar-refractivity contribution < 1.29 is 24.0 Å². The van der Waals surface area contributed by atoms with E-state index in [1.807, 2.05) is 0 Å². The van der Waals surface area contributed by atoms with Crippen LogP contribution in [0.5, 0.6) is 0 Å². The molecule has 1 aromatic heterocycles. The lowest BCUT2D eigenvalue weighted by Crippen LogP contribution is -2.52. The number of nitrogens with one attached hydrogen (secondary N) is 3. The van der Waals surface area contributed by atoms with Crippen molar-refractivity contribution in [2.24, 2.45) is 5.92 Å². The van der Waals surface area contributed by atoms with Gasteiger partial charge in [-0.2, -0.15) is 0 Å². The molecule has 1 aliphatic carbocycles. The first-order valence-corrected chi connectivity index (χ1v) is 10.0. The Labute approximate surface area is 164 Å². The fourth-order valence-corrected chi connectivity index (χ4v) is 3.66. The molecule has 4 N–H and O–H groups in total. The zero-order valence-corrected chi connectivity index (χ0v) is 16.5. The summed E-state index contributed by atoms with van der Waals surface area (Å²) >= 11 is 0. The first kappa shape index (κ1) is 20.6. The van der Waals surface area contributed by atoms with E-state index in [2.05, 4.69) is 21.1 Å². The van der Waals surface area contributed by atoms with Crippen molar-refractivity contribution in [2.45, 2.75) is 70.6 Å². The van der Waals surface area contributed by atoms with Gasteiger partial charge in [0.05, 0.1) is 18.8 Å². The summed E-state index contributed by atoms with van der Waals surface area (Å²) in [4.78, 5) is 24.2. The van der Waals surface area contributed by atoms with Crippen LogP contribution in [0, 0.1) is 19.8 Å². The minimum Gasteiger partial charge on any atom is -0.394 e.